The van der Waals surface area contributed by atoms with Crippen molar-refractivity contribution in [3.8, 4) is 0 Å². The first-order valence-electron chi connectivity index (χ1n) is 5.00. The molecule has 17 heavy (non-hydrogen) atoms. The number of aliphatic hydroxyl groups is 1. The summed E-state index contributed by atoms with van der Waals surface area (Å²) in [6.45, 7) is 0.629. The van der Waals surface area contributed by atoms with Crippen molar-refractivity contribution in [3.05, 3.63) is 22.5 Å². The Kier molecular flexibility index (Phi) is 3.65. The van der Waals surface area contributed by atoms with E-state index in [9.17, 15) is 9.18 Å². The smallest absolute Gasteiger partial charge is 0.350 e. The first-order valence-corrected chi connectivity index (χ1v) is 5.94. The Morgan fingerprint density at radius 1 is 1.71 bits per heavy atom. The van der Waals surface area contributed by atoms with Gasteiger partial charge in [0.05, 0.1) is 25.1 Å². The maximum absolute atomic E-state index is 13.2. The molecule has 0 saturated carbocycles. The highest BCUT2D eigenvalue weighted by Crippen LogP contribution is 2.30. The van der Waals surface area contributed by atoms with Crippen LogP contribution in [0.3, 0.4) is 0 Å². The zero-order chi connectivity index (χ0) is 12.4. The highest BCUT2D eigenvalue weighted by atomic mass is 32.2. The monoisotopic (exact) mass is 261 g/mol. The molecule has 0 aliphatic carbocycles. The van der Waals surface area contributed by atoms with Crippen LogP contribution in [0.1, 0.15) is 5.37 Å². The number of rotatable bonds is 2. The molecule has 6 nitrogen and oxygen atoms in total. The standard InChI is InChI=1S/C9H12FN3O3S/c10-6-1-13(9(15)12-8(6)11)7-4-16-3-5(2-14)17-7/h1,5,7,14H,2-4H2,(H2,11,12,15). The molecule has 0 radical (unpaired) electrons. The van der Waals surface area contributed by atoms with Crippen LogP contribution >= 0.6 is 11.8 Å². The fraction of sp³-hybridized carbons (Fsp3) is 0.556. The fourth-order valence-corrected chi connectivity index (χ4v) is 2.67. The average Bonchev–Trinajstić information content (AvgIpc) is 2.34. The molecular weight excluding hydrogens is 249 g/mol. The molecule has 94 valence electrons. The number of nitrogen functional groups attached to an aromatic ring is 1. The maximum atomic E-state index is 13.2. The molecule has 1 aromatic heterocycles. The van der Waals surface area contributed by atoms with Gasteiger partial charge in [-0.3, -0.25) is 4.57 Å². The van der Waals surface area contributed by atoms with Gasteiger partial charge in [-0.15, -0.1) is 11.8 Å². The Morgan fingerprint density at radius 3 is 3.18 bits per heavy atom. The van der Waals surface area contributed by atoms with E-state index in [-0.39, 0.29) is 18.5 Å². The molecule has 0 spiro atoms. The van der Waals surface area contributed by atoms with E-state index in [1.165, 1.54) is 11.8 Å². The summed E-state index contributed by atoms with van der Waals surface area (Å²) in [4.78, 5) is 14.9. The third kappa shape index (κ3) is 2.59. The summed E-state index contributed by atoms with van der Waals surface area (Å²) >= 11 is 1.35. The lowest BCUT2D eigenvalue weighted by Gasteiger charge is -2.28. The molecule has 1 aromatic rings. The molecule has 0 aromatic carbocycles. The SMILES string of the molecule is Nc1nc(=O)n(C2COCC(CO)S2)cc1F. The molecule has 2 atom stereocenters. The molecule has 2 heterocycles. The Bertz CT molecular complexity index is 467. The number of ether oxygens (including phenoxy) is 1. The van der Waals surface area contributed by atoms with Crippen LogP contribution in [-0.2, 0) is 4.74 Å². The number of hydrogen-bond acceptors (Lipinski definition) is 6. The minimum absolute atomic E-state index is 0.0548. The fourth-order valence-electron chi connectivity index (χ4n) is 1.51. The quantitative estimate of drug-likeness (QED) is 0.752. The Balaban J connectivity index is 2.27. The van der Waals surface area contributed by atoms with Gasteiger partial charge in [-0.1, -0.05) is 0 Å². The molecular formula is C9H12FN3O3S. The molecule has 1 saturated heterocycles. The van der Waals surface area contributed by atoms with E-state index < -0.39 is 22.7 Å². The van der Waals surface area contributed by atoms with E-state index in [4.69, 9.17) is 15.6 Å². The van der Waals surface area contributed by atoms with Gasteiger partial charge in [0.25, 0.3) is 0 Å². The van der Waals surface area contributed by atoms with Gasteiger partial charge in [-0.2, -0.15) is 4.98 Å². The lowest BCUT2D eigenvalue weighted by Crippen LogP contribution is -2.35. The molecule has 3 N–H and O–H groups in total. The van der Waals surface area contributed by atoms with Crippen LogP contribution < -0.4 is 11.4 Å². The zero-order valence-electron chi connectivity index (χ0n) is 8.88. The van der Waals surface area contributed by atoms with Crippen molar-refractivity contribution in [2.24, 2.45) is 0 Å². The van der Waals surface area contributed by atoms with Gasteiger partial charge < -0.3 is 15.6 Å². The molecule has 1 fully saturated rings. The van der Waals surface area contributed by atoms with E-state index in [0.29, 0.717) is 6.61 Å². The number of nitrogens with two attached hydrogens (primary N) is 1. The minimum atomic E-state index is -0.740. The Hall–Kier alpha value is -1.12. The van der Waals surface area contributed by atoms with E-state index in [2.05, 4.69) is 4.98 Å². The van der Waals surface area contributed by atoms with Crippen molar-refractivity contribution in [1.29, 1.82) is 0 Å². The maximum Gasteiger partial charge on any atom is 0.350 e. The number of halogens is 1. The molecule has 1 aliphatic rings. The van der Waals surface area contributed by atoms with Gasteiger partial charge in [0.1, 0.15) is 5.37 Å². The molecule has 1 aliphatic heterocycles. The minimum Gasteiger partial charge on any atom is -0.395 e. The van der Waals surface area contributed by atoms with E-state index in [1.807, 2.05) is 0 Å². The van der Waals surface area contributed by atoms with Crippen molar-refractivity contribution < 1.29 is 14.2 Å². The van der Waals surface area contributed by atoms with Crippen molar-refractivity contribution in [2.75, 3.05) is 25.6 Å². The number of aromatic nitrogens is 2. The summed E-state index contributed by atoms with van der Waals surface area (Å²) in [7, 11) is 0. The lowest BCUT2D eigenvalue weighted by atomic mass is 10.4. The van der Waals surface area contributed by atoms with E-state index in [1.54, 1.807) is 0 Å². The summed E-state index contributed by atoms with van der Waals surface area (Å²) in [5, 5.41) is 8.51. The third-order valence-electron chi connectivity index (χ3n) is 2.36. The summed E-state index contributed by atoms with van der Waals surface area (Å²) < 4.78 is 19.6. The second-order valence-electron chi connectivity index (χ2n) is 3.60. The van der Waals surface area contributed by atoms with Crippen LogP contribution in [0.25, 0.3) is 0 Å². The van der Waals surface area contributed by atoms with Crippen LogP contribution in [0.4, 0.5) is 10.2 Å². The van der Waals surface area contributed by atoms with Gasteiger partial charge >= 0.3 is 5.69 Å². The Labute approximate surface area is 101 Å². The predicted octanol–water partition coefficient (Wildman–Crippen LogP) is -0.412. The zero-order valence-corrected chi connectivity index (χ0v) is 9.69. The van der Waals surface area contributed by atoms with Crippen LogP contribution in [-0.4, -0.2) is 39.7 Å². The number of thioether (sulfide) groups is 1. The number of aliphatic hydroxyl groups excluding tert-OH is 1. The summed E-state index contributed by atoms with van der Waals surface area (Å²) in [5.74, 6) is -1.15. The van der Waals surface area contributed by atoms with Gasteiger partial charge in [0.2, 0.25) is 0 Å². The second-order valence-corrected chi connectivity index (χ2v) is 5.08. The number of nitrogens with zero attached hydrogens (tertiary/aromatic N) is 2. The normalized spacial score (nSPS) is 24.8. The Morgan fingerprint density at radius 2 is 2.47 bits per heavy atom. The summed E-state index contributed by atoms with van der Waals surface area (Å²) in [6, 6.07) is 0. The number of hydrogen-bond donors (Lipinski definition) is 2. The van der Waals surface area contributed by atoms with Crippen molar-refractivity contribution in [2.45, 2.75) is 10.6 Å². The van der Waals surface area contributed by atoms with E-state index in [0.717, 1.165) is 10.8 Å². The second kappa shape index (κ2) is 5.03. The average molecular weight is 261 g/mol. The van der Waals surface area contributed by atoms with Crippen molar-refractivity contribution >= 4 is 17.6 Å². The predicted molar refractivity (Wildman–Crippen MR) is 61.2 cm³/mol. The van der Waals surface area contributed by atoms with Gasteiger partial charge in [0, 0.05) is 6.20 Å². The first kappa shape index (κ1) is 12.3. The van der Waals surface area contributed by atoms with Crippen molar-refractivity contribution in [3.63, 3.8) is 0 Å². The van der Waals surface area contributed by atoms with E-state index >= 15 is 0 Å². The summed E-state index contributed by atoms with van der Waals surface area (Å²) in [5.41, 5.74) is 4.57. The molecule has 2 rings (SSSR count). The highest BCUT2D eigenvalue weighted by molar-refractivity contribution is 8.00. The highest BCUT2D eigenvalue weighted by Gasteiger charge is 2.25. The summed E-state index contributed by atoms with van der Waals surface area (Å²) in [6.07, 6.45) is 1.02. The van der Waals surface area contributed by atoms with Gasteiger partial charge in [-0.25, -0.2) is 9.18 Å². The first-order chi connectivity index (χ1) is 8.11. The molecule has 0 bridgehead atoms. The number of anilines is 1. The van der Waals surface area contributed by atoms with Crippen LogP contribution in [0.2, 0.25) is 0 Å². The van der Waals surface area contributed by atoms with Gasteiger partial charge in [0.15, 0.2) is 11.6 Å². The molecule has 2 unspecified atom stereocenters. The third-order valence-corrected chi connectivity index (χ3v) is 3.71. The van der Waals surface area contributed by atoms with Crippen LogP contribution in [0, 0.1) is 5.82 Å². The van der Waals surface area contributed by atoms with Crippen LogP contribution in [0.5, 0.6) is 0 Å². The largest absolute Gasteiger partial charge is 0.395 e. The van der Waals surface area contributed by atoms with Gasteiger partial charge in [-0.05, 0) is 0 Å². The molecule has 0 amide bonds. The van der Waals surface area contributed by atoms with Crippen LogP contribution in [0.15, 0.2) is 11.0 Å². The topological polar surface area (TPSA) is 90.4 Å². The molecule has 8 heteroatoms. The lowest BCUT2D eigenvalue weighted by molar-refractivity contribution is 0.0986. The van der Waals surface area contributed by atoms with Crippen molar-refractivity contribution in [1.82, 2.24) is 9.55 Å².